The lowest BCUT2D eigenvalue weighted by atomic mass is 10.7. The summed E-state index contributed by atoms with van der Waals surface area (Å²) in [6.07, 6.45) is 0.997. The molecule has 0 aromatic carbocycles. The molecule has 0 saturated heterocycles. The first-order chi connectivity index (χ1) is 9.06. The average molecular weight is 303 g/mol. The fraction of sp³-hybridized carbons (Fsp3) is 1.00. The largest absolute Gasteiger partial charge is 0.400 e. The van der Waals surface area contributed by atoms with Crippen LogP contribution in [0.5, 0.6) is 0 Å². The molecular formula is C10H25NO7S. The molecule has 0 radical (unpaired) electrons. The highest BCUT2D eigenvalue weighted by atomic mass is 32.2. The molecule has 0 saturated carbocycles. The van der Waals surface area contributed by atoms with Crippen molar-refractivity contribution in [3.8, 4) is 0 Å². The summed E-state index contributed by atoms with van der Waals surface area (Å²) in [5.41, 5.74) is 5.23. The molecule has 0 unspecified atom stereocenters. The van der Waals surface area contributed by atoms with Gasteiger partial charge in [-0.1, -0.05) is 0 Å². The van der Waals surface area contributed by atoms with Crippen LogP contribution in [-0.2, 0) is 28.5 Å². The molecule has 0 aromatic rings. The van der Waals surface area contributed by atoms with Crippen molar-refractivity contribution >= 4 is 10.1 Å². The Hall–Kier alpha value is -0.290. The maximum atomic E-state index is 10.6. The number of aliphatic hydroxyl groups is 1. The Morgan fingerprint density at radius 1 is 0.842 bits per heavy atom. The van der Waals surface area contributed by atoms with E-state index in [2.05, 4.69) is 4.18 Å². The molecule has 0 aliphatic rings. The molecule has 0 aliphatic heterocycles. The van der Waals surface area contributed by atoms with Gasteiger partial charge in [-0.25, -0.2) is 0 Å². The average Bonchev–Trinajstić information content (AvgIpc) is 2.37. The quantitative estimate of drug-likeness (QED) is 0.333. The lowest BCUT2D eigenvalue weighted by Gasteiger charge is -2.06. The van der Waals surface area contributed by atoms with Crippen LogP contribution in [0, 0.1) is 0 Å². The van der Waals surface area contributed by atoms with Crippen molar-refractivity contribution in [1.29, 1.82) is 0 Å². The zero-order valence-corrected chi connectivity index (χ0v) is 12.4. The lowest BCUT2D eigenvalue weighted by Crippen LogP contribution is -2.15. The van der Waals surface area contributed by atoms with Gasteiger partial charge in [0.25, 0.3) is 10.1 Å². The van der Waals surface area contributed by atoms with E-state index < -0.39 is 10.1 Å². The van der Waals surface area contributed by atoms with Gasteiger partial charge in [0.1, 0.15) is 0 Å². The highest BCUT2D eigenvalue weighted by Crippen LogP contribution is 1.87. The first-order valence-corrected chi connectivity index (χ1v) is 7.60. The summed E-state index contributed by atoms with van der Waals surface area (Å²) in [6, 6.07) is 0. The van der Waals surface area contributed by atoms with Gasteiger partial charge in [0, 0.05) is 13.7 Å². The molecule has 0 amide bonds. The van der Waals surface area contributed by atoms with E-state index in [1.807, 2.05) is 0 Å². The summed E-state index contributed by atoms with van der Waals surface area (Å²) in [6.45, 7) is 3.11. The Balaban J connectivity index is 0. The summed E-state index contributed by atoms with van der Waals surface area (Å²) in [5.74, 6) is 0. The molecule has 0 heterocycles. The van der Waals surface area contributed by atoms with Crippen LogP contribution in [0.15, 0.2) is 0 Å². The van der Waals surface area contributed by atoms with Gasteiger partial charge in [0.15, 0.2) is 0 Å². The van der Waals surface area contributed by atoms with Crippen LogP contribution in [0.2, 0.25) is 0 Å². The zero-order chi connectivity index (χ0) is 15.0. The molecule has 0 spiro atoms. The fourth-order valence-electron chi connectivity index (χ4n) is 0.870. The van der Waals surface area contributed by atoms with Gasteiger partial charge in [0.2, 0.25) is 0 Å². The van der Waals surface area contributed by atoms with Crippen molar-refractivity contribution in [1.82, 2.24) is 0 Å². The van der Waals surface area contributed by atoms with Crippen LogP contribution in [0.1, 0.15) is 0 Å². The Bertz CT molecular complexity index is 259. The van der Waals surface area contributed by atoms with Crippen molar-refractivity contribution in [2.24, 2.45) is 5.73 Å². The molecule has 19 heavy (non-hydrogen) atoms. The van der Waals surface area contributed by atoms with Crippen LogP contribution in [0.3, 0.4) is 0 Å². The molecular weight excluding hydrogens is 278 g/mol. The second kappa shape index (κ2) is 15.8. The first kappa shape index (κ1) is 21.0. The minimum atomic E-state index is -3.37. The van der Waals surface area contributed by atoms with E-state index >= 15 is 0 Å². The normalized spacial score (nSPS) is 10.9. The Morgan fingerprint density at radius 2 is 1.21 bits per heavy atom. The van der Waals surface area contributed by atoms with Crippen LogP contribution < -0.4 is 5.73 Å². The zero-order valence-electron chi connectivity index (χ0n) is 11.5. The SMILES string of the molecule is CO.CS(=O)(=O)OCCOCCOCCOCCN. The molecule has 3 N–H and O–H groups in total. The van der Waals surface area contributed by atoms with Crippen molar-refractivity contribution in [2.75, 3.05) is 66.2 Å². The van der Waals surface area contributed by atoms with Crippen LogP contribution >= 0.6 is 0 Å². The van der Waals surface area contributed by atoms with E-state index in [-0.39, 0.29) is 13.2 Å². The smallest absolute Gasteiger partial charge is 0.264 e. The maximum absolute atomic E-state index is 10.6. The molecule has 9 heteroatoms. The molecule has 8 nitrogen and oxygen atoms in total. The van der Waals surface area contributed by atoms with E-state index in [4.69, 9.17) is 25.1 Å². The van der Waals surface area contributed by atoms with Gasteiger partial charge in [0.05, 0.1) is 52.5 Å². The summed E-state index contributed by atoms with van der Waals surface area (Å²) in [7, 11) is -2.37. The topological polar surface area (TPSA) is 117 Å². The number of hydrogen-bond donors (Lipinski definition) is 2. The first-order valence-electron chi connectivity index (χ1n) is 5.78. The number of nitrogens with two attached hydrogens (primary N) is 1. The van der Waals surface area contributed by atoms with E-state index in [1.54, 1.807) is 0 Å². The summed E-state index contributed by atoms with van der Waals surface area (Å²) < 4.78 is 41.0. The number of hydrogen-bond acceptors (Lipinski definition) is 8. The van der Waals surface area contributed by atoms with Crippen molar-refractivity contribution in [3.05, 3.63) is 0 Å². The van der Waals surface area contributed by atoms with E-state index in [9.17, 15) is 8.42 Å². The van der Waals surface area contributed by atoms with Crippen molar-refractivity contribution in [2.45, 2.75) is 0 Å². The molecule has 0 aromatic heterocycles. The van der Waals surface area contributed by atoms with E-state index in [0.717, 1.165) is 13.4 Å². The van der Waals surface area contributed by atoms with E-state index in [1.165, 1.54) is 0 Å². The van der Waals surface area contributed by atoms with Gasteiger partial charge < -0.3 is 25.1 Å². The Labute approximate surface area is 114 Å². The Morgan fingerprint density at radius 3 is 1.58 bits per heavy atom. The molecule has 0 rings (SSSR count). The van der Waals surface area contributed by atoms with Gasteiger partial charge in [-0.3, -0.25) is 4.18 Å². The van der Waals surface area contributed by atoms with Gasteiger partial charge >= 0.3 is 0 Å². The highest BCUT2D eigenvalue weighted by Gasteiger charge is 2.00. The van der Waals surface area contributed by atoms with Crippen LogP contribution in [0.25, 0.3) is 0 Å². The number of aliphatic hydroxyl groups excluding tert-OH is 1. The predicted molar refractivity (Wildman–Crippen MR) is 70.5 cm³/mol. The Kier molecular flexibility index (Phi) is 17.4. The molecule has 0 aliphatic carbocycles. The standard InChI is InChI=1S/C9H21NO6S.CH4O/c1-17(11,12)16-9-8-15-7-6-14-5-4-13-3-2-10;1-2/h2-10H2,1H3;2H,1H3. The summed E-state index contributed by atoms with van der Waals surface area (Å²) >= 11 is 0. The predicted octanol–water partition coefficient (Wildman–Crippen LogP) is -1.42. The highest BCUT2D eigenvalue weighted by molar-refractivity contribution is 7.85. The molecule has 0 bridgehead atoms. The minimum Gasteiger partial charge on any atom is -0.400 e. The molecule has 0 atom stereocenters. The van der Waals surface area contributed by atoms with Gasteiger partial charge in [-0.15, -0.1) is 0 Å². The maximum Gasteiger partial charge on any atom is 0.264 e. The summed E-state index contributed by atoms with van der Waals surface area (Å²) in [5, 5.41) is 7.00. The number of ether oxygens (including phenoxy) is 3. The molecule has 0 fully saturated rings. The van der Waals surface area contributed by atoms with Gasteiger partial charge in [-0.2, -0.15) is 8.42 Å². The monoisotopic (exact) mass is 303 g/mol. The summed E-state index contributed by atoms with van der Waals surface area (Å²) in [4.78, 5) is 0. The second-order valence-electron chi connectivity index (χ2n) is 3.15. The third kappa shape index (κ3) is 23.3. The van der Waals surface area contributed by atoms with Crippen LogP contribution in [0.4, 0.5) is 0 Å². The minimum absolute atomic E-state index is 0.0262. The van der Waals surface area contributed by atoms with E-state index in [0.29, 0.717) is 39.6 Å². The number of rotatable bonds is 12. The third-order valence-corrected chi connectivity index (χ3v) is 2.13. The molecule has 118 valence electrons. The van der Waals surface area contributed by atoms with Crippen molar-refractivity contribution in [3.63, 3.8) is 0 Å². The third-order valence-electron chi connectivity index (χ3n) is 1.53. The lowest BCUT2D eigenvalue weighted by molar-refractivity contribution is 0.0110. The fourth-order valence-corrected chi connectivity index (χ4v) is 1.24. The second-order valence-corrected chi connectivity index (χ2v) is 4.80. The van der Waals surface area contributed by atoms with Crippen molar-refractivity contribution < 1.29 is 31.9 Å². The van der Waals surface area contributed by atoms with Crippen LogP contribution in [-0.4, -0.2) is 79.7 Å². The van der Waals surface area contributed by atoms with Gasteiger partial charge in [-0.05, 0) is 0 Å².